The largest absolute Gasteiger partial charge is 0.479 e. The number of allylic oxidation sites excluding steroid dienone is 1. The number of hydrogen-bond donors (Lipinski definition) is 2. The summed E-state index contributed by atoms with van der Waals surface area (Å²) in [6.07, 6.45) is -0.544. The van der Waals surface area contributed by atoms with Gasteiger partial charge in [0, 0.05) is 18.8 Å². The minimum atomic E-state index is -0.601. The van der Waals surface area contributed by atoms with Gasteiger partial charge in [-0.15, -0.1) is 0 Å². The molecule has 7 heteroatoms. The van der Waals surface area contributed by atoms with Crippen LogP contribution in [0.2, 0.25) is 0 Å². The molecule has 3 rings (SSSR count). The first-order valence-corrected chi connectivity index (χ1v) is 11.1. The molecule has 1 heterocycles. The van der Waals surface area contributed by atoms with Gasteiger partial charge in [-0.1, -0.05) is 30.4 Å². The van der Waals surface area contributed by atoms with Crippen molar-refractivity contribution in [3.05, 3.63) is 60.2 Å². The van der Waals surface area contributed by atoms with Crippen LogP contribution in [0.5, 0.6) is 5.75 Å². The molecule has 0 aromatic heterocycles. The van der Waals surface area contributed by atoms with E-state index in [1.165, 1.54) is 0 Å². The maximum atomic E-state index is 12.8. The lowest BCUT2D eigenvalue weighted by Gasteiger charge is -2.34. The van der Waals surface area contributed by atoms with Crippen LogP contribution in [0.1, 0.15) is 38.8 Å². The molecule has 2 aromatic rings. The quantitative estimate of drug-likeness (QED) is 0.654. The summed E-state index contributed by atoms with van der Waals surface area (Å²) < 4.78 is 5.77. The molecule has 0 bridgehead atoms. The van der Waals surface area contributed by atoms with Crippen LogP contribution in [0, 0.1) is 0 Å². The minimum absolute atomic E-state index is 0.0931. The van der Waals surface area contributed by atoms with Crippen LogP contribution in [0.3, 0.4) is 0 Å². The van der Waals surface area contributed by atoms with Gasteiger partial charge in [0.25, 0.3) is 5.91 Å². The molecule has 0 fully saturated rings. The fraction of sp³-hybridized carbons (Fsp3) is 0.385. The number of ether oxygens (including phenoxy) is 1. The molecule has 2 N–H and O–H groups in total. The number of urea groups is 1. The third kappa shape index (κ3) is 5.73. The summed E-state index contributed by atoms with van der Waals surface area (Å²) in [6, 6.07) is 13.0. The molecule has 1 unspecified atom stereocenters. The SMILES string of the molecule is C=C(C)c1cccc(C(C)(C)NC(=O)Nc2ccc3c(c2)N(CCN(C)C)C(=O)C(C)O3)c1. The van der Waals surface area contributed by atoms with Gasteiger partial charge in [-0.25, -0.2) is 4.79 Å². The van der Waals surface area contributed by atoms with Gasteiger partial charge in [0.2, 0.25) is 0 Å². The van der Waals surface area contributed by atoms with Crippen molar-refractivity contribution in [2.75, 3.05) is 37.4 Å². The summed E-state index contributed by atoms with van der Waals surface area (Å²) in [5.41, 5.74) is 3.62. The van der Waals surface area contributed by atoms with Crippen LogP contribution >= 0.6 is 0 Å². The van der Waals surface area contributed by atoms with E-state index >= 15 is 0 Å². The number of likely N-dealkylation sites (N-methyl/N-ethyl adjacent to an activating group) is 1. The number of carbonyl (C=O) groups excluding carboxylic acids is 2. The Balaban J connectivity index is 1.77. The number of hydrogen-bond acceptors (Lipinski definition) is 4. The lowest BCUT2D eigenvalue weighted by molar-refractivity contribution is -0.125. The normalized spacial score (nSPS) is 15.7. The molecule has 176 valence electrons. The van der Waals surface area contributed by atoms with Crippen molar-refractivity contribution in [1.82, 2.24) is 10.2 Å². The standard InChI is InChI=1S/C26H34N4O3/c1-17(2)19-9-8-10-20(15-19)26(4,5)28-25(32)27-21-11-12-23-22(16-21)30(14-13-29(6)7)24(31)18(3)33-23/h8-12,15-16,18H,1,13-14H2,2-7H3,(H2,27,28,32). The molecule has 1 atom stereocenters. The average molecular weight is 451 g/mol. The zero-order valence-electron chi connectivity index (χ0n) is 20.4. The number of amides is 3. The van der Waals surface area contributed by atoms with Gasteiger partial charge >= 0.3 is 6.03 Å². The average Bonchev–Trinajstić information content (AvgIpc) is 2.74. The Morgan fingerprint density at radius 3 is 2.61 bits per heavy atom. The van der Waals surface area contributed by atoms with E-state index in [4.69, 9.17) is 4.74 Å². The maximum Gasteiger partial charge on any atom is 0.319 e. The predicted molar refractivity (Wildman–Crippen MR) is 134 cm³/mol. The highest BCUT2D eigenvalue weighted by atomic mass is 16.5. The number of anilines is 2. The molecular weight excluding hydrogens is 416 g/mol. The smallest absolute Gasteiger partial charge is 0.319 e. The first-order chi connectivity index (χ1) is 15.5. The monoisotopic (exact) mass is 450 g/mol. The van der Waals surface area contributed by atoms with Crippen LogP contribution in [0.25, 0.3) is 5.57 Å². The topological polar surface area (TPSA) is 73.9 Å². The fourth-order valence-corrected chi connectivity index (χ4v) is 3.71. The van der Waals surface area contributed by atoms with Crippen LogP contribution in [0.4, 0.5) is 16.2 Å². The van der Waals surface area contributed by atoms with E-state index < -0.39 is 11.6 Å². The summed E-state index contributed by atoms with van der Waals surface area (Å²) in [5, 5.41) is 5.93. The first kappa shape index (κ1) is 24.3. The van der Waals surface area contributed by atoms with E-state index in [1.54, 1.807) is 30.0 Å². The van der Waals surface area contributed by atoms with E-state index in [-0.39, 0.29) is 11.9 Å². The molecule has 0 spiro atoms. The molecular formula is C26H34N4O3. The van der Waals surface area contributed by atoms with Crippen LogP contribution in [-0.2, 0) is 10.3 Å². The molecule has 33 heavy (non-hydrogen) atoms. The molecule has 1 aliphatic rings. The maximum absolute atomic E-state index is 12.8. The third-order valence-electron chi connectivity index (χ3n) is 5.70. The second kappa shape index (κ2) is 9.67. The van der Waals surface area contributed by atoms with Crippen molar-refractivity contribution in [2.24, 2.45) is 0 Å². The number of rotatable bonds is 7. The van der Waals surface area contributed by atoms with Crippen LogP contribution in [-0.4, -0.2) is 50.1 Å². The van der Waals surface area contributed by atoms with Crippen LogP contribution in [0.15, 0.2) is 49.0 Å². The van der Waals surface area contributed by atoms with Crippen molar-refractivity contribution < 1.29 is 14.3 Å². The van der Waals surface area contributed by atoms with Gasteiger partial charge < -0.3 is 25.2 Å². The molecule has 0 radical (unpaired) electrons. The summed E-state index contributed by atoms with van der Waals surface area (Å²) in [7, 11) is 3.93. The molecule has 3 amide bonds. The van der Waals surface area contributed by atoms with Crippen molar-refractivity contribution in [1.29, 1.82) is 0 Å². The Kier molecular flexibility index (Phi) is 7.12. The predicted octanol–water partition coefficient (Wildman–Crippen LogP) is 4.45. The van der Waals surface area contributed by atoms with Crippen molar-refractivity contribution in [3.63, 3.8) is 0 Å². The van der Waals surface area contributed by atoms with E-state index in [2.05, 4.69) is 17.2 Å². The van der Waals surface area contributed by atoms with E-state index in [9.17, 15) is 9.59 Å². The summed E-state index contributed by atoms with van der Waals surface area (Å²) in [5.74, 6) is 0.535. The number of fused-ring (bicyclic) bond motifs is 1. The van der Waals surface area contributed by atoms with Crippen molar-refractivity contribution in [2.45, 2.75) is 39.3 Å². The fourth-order valence-electron chi connectivity index (χ4n) is 3.71. The van der Waals surface area contributed by atoms with Crippen LogP contribution < -0.4 is 20.3 Å². The number of carbonyl (C=O) groups is 2. The Labute approximate surface area is 196 Å². The van der Waals surface area contributed by atoms with E-state index in [0.717, 1.165) is 16.7 Å². The van der Waals surface area contributed by atoms with Crippen molar-refractivity contribution in [3.8, 4) is 5.75 Å². The second-order valence-corrected chi connectivity index (χ2v) is 9.30. The molecule has 0 saturated carbocycles. The van der Waals surface area contributed by atoms with E-state index in [0.29, 0.717) is 30.2 Å². The Morgan fingerprint density at radius 2 is 1.94 bits per heavy atom. The molecule has 0 saturated heterocycles. The first-order valence-electron chi connectivity index (χ1n) is 11.1. The lowest BCUT2D eigenvalue weighted by Crippen LogP contribution is -2.47. The van der Waals surface area contributed by atoms with Gasteiger partial charge in [0.15, 0.2) is 6.10 Å². The molecule has 1 aliphatic heterocycles. The zero-order valence-corrected chi connectivity index (χ0v) is 20.4. The number of nitrogens with zero attached hydrogens (tertiary/aromatic N) is 2. The van der Waals surface area contributed by atoms with Gasteiger partial charge in [0.05, 0.1) is 11.2 Å². The summed E-state index contributed by atoms with van der Waals surface area (Å²) >= 11 is 0. The molecule has 2 aromatic carbocycles. The Morgan fingerprint density at radius 1 is 1.21 bits per heavy atom. The zero-order chi connectivity index (χ0) is 24.3. The lowest BCUT2D eigenvalue weighted by atomic mass is 9.92. The van der Waals surface area contributed by atoms with Crippen molar-refractivity contribution >= 4 is 28.9 Å². The van der Waals surface area contributed by atoms with Gasteiger partial charge in [-0.2, -0.15) is 0 Å². The highest BCUT2D eigenvalue weighted by Gasteiger charge is 2.32. The van der Waals surface area contributed by atoms with Gasteiger partial charge in [0.1, 0.15) is 5.75 Å². The Hall–Kier alpha value is -3.32. The van der Waals surface area contributed by atoms with E-state index in [1.807, 2.05) is 64.0 Å². The van der Waals surface area contributed by atoms with Gasteiger partial charge in [-0.05, 0) is 77.2 Å². The minimum Gasteiger partial charge on any atom is -0.479 e. The Bertz CT molecular complexity index is 1060. The summed E-state index contributed by atoms with van der Waals surface area (Å²) in [4.78, 5) is 29.3. The molecule has 0 aliphatic carbocycles. The van der Waals surface area contributed by atoms with Gasteiger partial charge in [-0.3, -0.25) is 4.79 Å². The number of nitrogens with one attached hydrogen (secondary N) is 2. The highest BCUT2D eigenvalue weighted by Crippen LogP contribution is 2.36. The second-order valence-electron chi connectivity index (χ2n) is 9.30. The molecule has 7 nitrogen and oxygen atoms in total. The highest BCUT2D eigenvalue weighted by molar-refractivity contribution is 6.01. The third-order valence-corrected chi connectivity index (χ3v) is 5.70. The summed E-state index contributed by atoms with van der Waals surface area (Å²) in [6.45, 7) is 12.9. The number of benzene rings is 2.